The summed E-state index contributed by atoms with van der Waals surface area (Å²) in [6.45, 7) is 14.5. The Morgan fingerprint density at radius 3 is 2.17 bits per heavy atom. The second kappa shape index (κ2) is 9.72. The smallest absolute Gasteiger partial charge is 0.408 e. The molecule has 2 atom stereocenters. The van der Waals surface area contributed by atoms with Crippen molar-refractivity contribution >= 4 is 12.4 Å². The average molecular weight is 404 g/mol. The summed E-state index contributed by atoms with van der Waals surface area (Å²) in [5, 5.41) is 6.26. The normalized spacial score (nSPS) is 17.6. The molecule has 2 N–H and O–H groups in total. The summed E-state index contributed by atoms with van der Waals surface area (Å²) in [7, 11) is 0. The fourth-order valence-electron chi connectivity index (χ4n) is 3.50. The van der Waals surface area contributed by atoms with E-state index >= 15 is 0 Å². The van der Waals surface area contributed by atoms with Gasteiger partial charge in [0.25, 0.3) is 0 Å². The average Bonchev–Trinajstić information content (AvgIpc) is 3.12. The maximum Gasteiger partial charge on any atom is 0.408 e. The summed E-state index contributed by atoms with van der Waals surface area (Å²) in [5.74, 6) is 0. The van der Waals surface area contributed by atoms with Gasteiger partial charge in [0.2, 0.25) is 0 Å². The summed E-state index contributed by atoms with van der Waals surface area (Å²) in [6, 6.07) is 7.44. The van der Waals surface area contributed by atoms with Crippen molar-refractivity contribution in [1.82, 2.24) is 15.5 Å². The number of ether oxygens (including phenoxy) is 1. The van der Waals surface area contributed by atoms with Crippen LogP contribution in [0.25, 0.3) is 0 Å². The molecule has 6 heteroatoms. The van der Waals surface area contributed by atoms with Crippen molar-refractivity contribution in [2.45, 2.75) is 84.2 Å². The number of nitrogens with zero attached hydrogens (tertiary/aromatic N) is 1. The zero-order valence-electron chi connectivity index (χ0n) is 18.7. The first-order valence-electron chi connectivity index (χ1n) is 10.5. The van der Waals surface area contributed by atoms with Gasteiger partial charge in [-0.3, -0.25) is 4.90 Å². The molecule has 1 saturated heterocycles. The predicted octanol–water partition coefficient (Wildman–Crippen LogP) is 3.80. The monoisotopic (exact) mass is 403 g/mol. The highest BCUT2D eigenvalue weighted by Gasteiger charge is 2.33. The van der Waals surface area contributed by atoms with Gasteiger partial charge in [0.15, 0.2) is 0 Å². The Kier molecular flexibility index (Phi) is 7.83. The van der Waals surface area contributed by atoms with Crippen molar-refractivity contribution in [1.29, 1.82) is 0 Å². The number of carbonyl (C=O) groups is 2. The topological polar surface area (TPSA) is 70.7 Å². The number of benzene rings is 1. The second-order valence-corrected chi connectivity index (χ2v) is 9.84. The highest BCUT2D eigenvalue weighted by molar-refractivity contribution is 5.74. The molecule has 1 heterocycles. The number of amides is 1. The Labute approximate surface area is 175 Å². The van der Waals surface area contributed by atoms with Crippen molar-refractivity contribution in [3.05, 3.63) is 35.4 Å². The number of likely N-dealkylation sites (tertiary alicyclic amines) is 1. The summed E-state index contributed by atoms with van der Waals surface area (Å²) in [5.41, 5.74) is 1.66. The minimum absolute atomic E-state index is 0.0523. The fourth-order valence-corrected chi connectivity index (χ4v) is 3.50. The van der Waals surface area contributed by atoms with Crippen molar-refractivity contribution < 1.29 is 14.3 Å². The molecule has 29 heavy (non-hydrogen) atoms. The van der Waals surface area contributed by atoms with Gasteiger partial charge in [0.1, 0.15) is 17.9 Å². The Bertz CT molecular complexity index is 668. The third-order valence-corrected chi connectivity index (χ3v) is 4.85. The molecule has 0 radical (unpaired) electrons. The van der Waals surface area contributed by atoms with E-state index in [0.717, 1.165) is 44.3 Å². The SMILES string of the molecule is CC(C)(C)NCc1ccc(C(C(C=O)NC(=O)OC(C)(C)C)N2CCCC2)cc1. The number of alkyl carbamates (subject to hydrolysis) is 1. The molecule has 2 rings (SSSR count). The van der Waals surface area contributed by atoms with Crippen LogP contribution in [0.1, 0.15) is 71.6 Å². The molecular formula is C23H37N3O3. The molecule has 0 aromatic heterocycles. The molecule has 1 aliphatic rings. The molecule has 6 nitrogen and oxygen atoms in total. The highest BCUT2D eigenvalue weighted by Crippen LogP contribution is 2.28. The molecule has 0 saturated carbocycles. The Hall–Kier alpha value is -1.92. The maximum absolute atomic E-state index is 12.3. The lowest BCUT2D eigenvalue weighted by Gasteiger charge is -2.33. The third-order valence-electron chi connectivity index (χ3n) is 4.85. The van der Waals surface area contributed by atoms with Gasteiger partial charge in [-0.25, -0.2) is 4.79 Å². The molecule has 2 unspecified atom stereocenters. The standard InChI is InChI=1S/C23H37N3O3/c1-22(2,3)24-15-17-9-11-18(12-10-17)20(26-13-7-8-14-26)19(16-27)25-21(28)29-23(4,5)6/h9-12,16,19-20,24H,7-8,13-15H2,1-6H3,(H,25,28). The molecule has 0 spiro atoms. The van der Waals surface area contributed by atoms with Crippen LogP contribution in [0.4, 0.5) is 4.79 Å². The molecule has 1 aromatic rings. The van der Waals surface area contributed by atoms with Gasteiger partial charge in [-0.1, -0.05) is 24.3 Å². The maximum atomic E-state index is 12.3. The van der Waals surface area contributed by atoms with Gasteiger partial charge in [0.05, 0.1) is 6.04 Å². The largest absolute Gasteiger partial charge is 0.444 e. The van der Waals surface area contributed by atoms with Gasteiger partial charge >= 0.3 is 6.09 Å². The fraction of sp³-hybridized carbons (Fsp3) is 0.652. The zero-order chi connectivity index (χ0) is 21.7. The number of nitrogens with one attached hydrogen (secondary N) is 2. The molecule has 0 bridgehead atoms. The molecule has 0 aliphatic carbocycles. The van der Waals surface area contributed by atoms with Crippen LogP contribution in [0, 0.1) is 0 Å². The van der Waals surface area contributed by atoms with Crippen molar-refractivity contribution in [3.63, 3.8) is 0 Å². The van der Waals surface area contributed by atoms with E-state index in [0.29, 0.717) is 0 Å². The van der Waals surface area contributed by atoms with Crippen molar-refractivity contribution in [3.8, 4) is 0 Å². The van der Waals surface area contributed by atoms with Crippen LogP contribution in [0.15, 0.2) is 24.3 Å². The van der Waals surface area contributed by atoms with Gasteiger partial charge in [-0.15, -0.1) is 0 Å². The number of rotatable bonds is 7. The highest BCUT2D eigenvalue weighted by atomic mass is 16.6. The van der Waals surface area contributed by atoms with Crippen molar-refractivity contribution in [2.24, 2.45) is 0 Å². The first-order valence-corrected chi connectivity index (χ1v) is 10.5. The first kappa shape index (κ1) is 23.4. The molecule has 1 fully saturated rings. The van der Waals surface area contributed by atoms with Crippen molar-refractivity contribution in [2.75, 3.05) is 13.1 Å². The van der Waals surface area contributed by atoms with E-state index in [1.54, 1.807) is 0 Å². The number of hydrogen-bond donors (Lipinski definition) is 2. The zero-order valence-corrected chi connectivity index (χ0v) is 18.7. The van der Waals surface area contributed by atoms with Crippen LogP contribution in [0.5, 0.6) is 0 Å². The summed E-state index contributed by atoms with van der Waals surface area (Å²) < 4.78 is 5.37. The molecule has 162 valence electrons. The number of hydrogen-bond acceptors (Lipinski definition) is 5. The van der Waals surface area contributed by atoms with Crippen LogP contribution < -0.4 is 10.6 Å². The lowest BCUT2D eigenvalue weighted by Crippen LogP contribution is -2.48. The molecule has 1 aliphatic heterocycles. The van der Waals surface area contributed by atoms with Gasteiger partial charge in [-0.05, 0) is 78.6 Å². The lowest BCUT2D eigenvalue weighted by atomic mass is 9.97. The van der Waals surface area contributed by atoms with Gasteiger partial charge in [-0.2, -0.15) is 0 Å². The van der Waals surface area contributed by atoms with E-state index in [9.17, 15) is 9.59 Å². The second-order valence-electron chi connectivity index (χ2n) is 9.84. The lowest BCUT2D eigenvalue weighted by molar-refractivity contribution is -0.111. The molecular weight excluding hydrogens is 366 g/mol. The summed E-state index contributed by atoms with van der Waals surface area (Å²) in [4.78, 5) is 26.5. The van der Waals surface area contributed by atoms with Gasteiger partial charge < -0.3 is 20.2 Å². The van der Waals surface area contributed by atoms with E-state index in [1.807, 2.05) is 20.8 Å². The van der Waals surface area contributed by atoms with E-state index in [1.165, 1.54) is 5.56 Å². The Morgan fingerprint density at radius 2 is 1.69 bits per heavy atom. The van der Waals surface area contributed by atoms with E-state index in [4.69, 9.17) is 4.74 Å². The Morgan fingerprint density at radius 1 is 1.10 bits per heavy atom. The summed E-state index contributed by atoms with van der Waals surface area (Å²) in [6.07, 6.45) is 2.46. The van der Waals surface area contributed by atoms with Gasteiger partial charge in [0, 0.05) is 12.1 Å². The Balaban J connectivity index is 2.18. The van der Waals surface area contributed by atoms with Crippen LogP contribution in [-0.4, -0.2) is 47.6 Å². The summed E-state index contributed by atoms with van der Waals surface area (Å²) >= 11 is 0. The van der Waals surface area contributed by atoms with Crippen LogP contribution in [0.2, 0.25) is 0 Å². The van der Waals surface area contributed by atoms with E-state index in [-0.39, 0.29) is 11.6 Å². The minimum Gasteiger partial charge on any atom is -0.444 e. The number of aldehydes is 1. The molecule has 1 amide bonds. The van der Waals surface area contributed by atoms with Crippen LogP contribution >= 0.6 is 0 Å². The number of carbonyl (C=O) groups excluding carboxylic acids is 2. The van der Waals surface area contributed by atoms with E-state index < -0.39 is 17.7 Å². The minimum atomic E-state index is -0.665. The molecule has 1 aromatic carbocycles. The predicted molar refractivity (Wildman–Crippen MR) is 116 cm³/mol. The first-order chi connectivity index (χ1) is 13.5. The van der Waals surface area contributed by atoms with E-state index in [2.05, 4.69) is 60.6 Å². The van der Waals surface area contributed by atoms with Crippen LogP contribution in [-0.2, 0) is 16.1 Å². The third kappa shape index (κ3) is 7.78. The van der Waals surface area contributed by atoms with Crippen LogP contribution in [0.3, 0.4) is 0 Å². The quantitative estimate of drug-likeness (QED) is 0.678.